The molecular weight excluding hydrogens is 176 g/mol. The SMILES string of the molecule is Nc1cc(Cl)c(=O)n2c1CCC2. The van der Waals surface area contributed by atoms with Crippen LogP contribution in [0.25, 0.3) is 0 Å². The summed E-state index contributed by atoms with van der Waals surface area (Å²) in [5.41, 5.74) is 7.16. The highest BCUT2D eigenvalue weighted by atomic mass is 35.5. The minimum absolute atomic E-state index is 0.113. The van der Waals surface area contributed by atoms with Crippen molar-refractivity contribution in [2.45, 2.75) is 19.4 Å². The summed E-state index contributed by atoms with van der Waals surface area (Å²) in [5.74, 6) is 0. The molecule has 64 valence electrons. The highest BCUT2D eigenvalue weighted by Gasteiger charge is 2.16. The Labute approximate surface area is 74.8 Å². The van der Waals surface area contributed by atoms with Crippen molar-refractivity contribution in [1.29, 1.82) is 0 Å². The van der Waals surface area contributed by atoms with E-state index in [9.17, 15) is 4.79 Å². The van der Waals surface area contributed by atoms with Crippen molar-refractivity contribution in [3.63, 3.8) is 0 Å². The Kier molecular flexibility index (Phi) is 1.61. The fourth-order valence-electron chi connectivity index (χ4n) is 1.61. The Balaban J connectivity index is 2.78. The van der Waals surface area contributed by atoms with Gasteiger partial charge >= 0.3 is 0 Å². The summed E-state index contributed by atoms with van der Waals surface area (Å²) >= 11 is 5.68. The topological polar surface area (TPSA) is 48.0 Å². The molecule has 1 aromatic heterocycles. The van der Waals surface area contributed by atoms with Crippen LogP contribution in [0.3, 0.4) is 0 Å². The quantitative estimate of drug-likeness (QED) is 0.655. The fourth-order valence-corrected chi connectivity index (χ4v) is 1.83. The maximum Gasteiger partial charge on any atom is 0.269 e. The molecule has 0 amide bonds. The molecule has 0 fully saturated rings. The Bertz CT molecular complexity index is 383. The molecule has 0 aromatic carbocycles. The average Bonchev–Trinajstić information content (AvgIpc) is 2.48. The van der Waals surface area contributed by atoms with Gasteiger partial charge in [0.2, 0.25) is 0 Å². The van der Waals surface area contributed by atoms with Gasteiger partial charge in [0.1, 0.15) is 5.02 Å². The van der Waals surface area contributed by atoms with Crippen molar-refractivity contribution >= 4 is 17.3 Å². The van der Waals surface area contributed by atoms with E-state index in [1.807, 2.05) is 0 Å². The number of halogens is 1. The summed E-state index contributed by atoms with van der Waals surface area (Å²) in [6.45, 7) is 0.749. The van der Waals surface area contributed by atoms with E-state index in [1.54, 1.807) is 10.6 Å². The Morgan fingerprint density at radius 1 is 1.58 bits per heavy atom. The van der Waals surface area contributed by atoms with Crippen LogP contribution in [0.2, 0.25) is 5.02 Å². The predicted molar refractivity (Wildman–Crippen MR) is 48.4 cm³/mol. The number of nitrogen functional groups attached to an aromatic ring is 1. The van der Waals surface area contributed by atoms with Crippen molar-refractivity contribution < 1.29 is 0 Å². The van der Waals surface area contributed by atoms with Crippen LogP contribution in [0, 0.1) is 0 Å². The first kappa shape index (κ1) is 7.68. The van der Waals surface area contributed by atoms with Crippen molar-refractivity contribution in [3.05, 3.63) is 27.1 Å². The van der Waals surface area contributed by atoms with Gasteiger partial charge in [0.25, 0.3) is 5.56 Å². The third-order valence-electron chi connectivity index (χ3n) is 2.19. The summed E-state index contributed by atoms with van der Waals surface area (Å²) in [6, 6.07) is 1.54. The number of hydrogen-bond donors (Lipinski definition) is 1. The molecule has 4 heteroatoms. The van der Waals surface area contributed by atoms with Crippen LogP contribution >= 0.6 is 11.6 Å². The molecular formula is C8H9ClN2O. The second-order valence-corrected chi connectivity index (χ2v) is 3.36. The highest BCUT2D eigenvalue weighted by Crippen LogP contribution is 2.20. The molecule has 1 aliphatic rings. The van der Waals surface area contributed by atoms with Crippen molar-refractivity contribution in [3.8, 4) is 0 Å². The van der Waals surface area contributed by atoms with Gasteiger partial charge < -0.3 is 10.3 Å². The number of nitrogens with zero attached hydrogens (tertiary/aromatic N) is 1. The third kappa shape index (κ3) is 0.932. The van der Waals surface area contributed by atoms with E-state index in [1.165, 1.54) is 0 Å². The maximum absolute atomic E-state index is 11.4. The number of rotatable bonds is 0. The van der Waals surface area contributed by atoms with Crippen LogP contribution in [0.4, 0.5) is 5.69 Å². The highest BCUT2D eigenvalue weighted by molar-refractivity contribution is 6.30. The first-order valence-electron chi connectivity index (χ1n) is 3.88. The van der Waals surface area contributed by atoms with E-state index in [-0.39, 0.29) is 10.6 Å². The molecule has 2 heterocycles. The van der Waals surface area contributed by atoms with Gasteiger partial charge in [0.05, 0.1) is 5.69 Å². The van der Waals surface area contributed by atoms with Gasteiger partial charge in [-0.2, -0.15) is 0 Å². The second kappa shape index (κ2) is 2.52. The molecule has 0 bridgehead atoms. The molecule has 0 saturated heterocycles. The lowest BCUT2D eigenvalue weighted by atomic mass is 10.2. The van der Waals surface area contributed by atoms with Gasteiger partial charge in [-0.05, 0) is 18.9 Å². The molecule has 1 aliphatic heterocycles. The number of fused-ring (bicyclic) bond motifs is 1. The fraction of sp³-hybridized carbons (Fsp3) is 0.375. The molecule has 2 N–H and O–H groups in total. The standard InChI is InChI=1S/C8H9ClN2O/c9-5-4-6(10)7-2-1-3-11(7)8(5)12/h4H,1-3,10H2. The van der Waals surface area contributed by atoms with Gasteiger partial charge in [0.15, 0.2) is 0 Å². The van der Waals surface area contributed by atoms with E-state index in [2.05, 4.69) is 0 Å². The molecule has 0 radical (unpaired) electrons. The molecule has 1 aromatic rings. The summed E-state index contributed by atoms with van der Waals surface area (Å²) < 4.78 is 1.66. The number of nitrogens with two attached hydrogens (primary N) is 1. The normalized spacial score (nSPS) is 14.8. The van der Waals surface area contributed by atoms with Crippen molar-refractivity contribution in [1.82, 2.24) is 4.57 Å². The zero-order chi connectivity index (χ0) is 8.72. The smallest absolute Gasteiger partial charge is 0.269 e. The summed E-state index contributed by atoms with van der Waals surface area (Å²) in [5, 5.41) is 0.221. The van der Waals surface area contributed by atoms with Crippen LogP contribution in [0.5, 0.6) is 0 Å². The zero-order valence-corrected chi connectivity index (χ0v) is 7.27. The minimum atomic E-state index is -0.113. The van der Waals surface area contributed by atoms with E-state index in [0.717, 1.165) is 25.1 Å². The van der Waals surface area contributed by atoms with Gasteiger partial charge in [-0.3, -0.25) is 4.79 Å². The monoisotopic (exact) mass is 184 g/mol. The lowest BCUT2D eigenvalue weighted by Crippen LogP contribution is -2.20. The number of pyridine rings is 1. The van der Waals surface area contributed by atoms with Crippen LogP contribution in [0.15, 0.2) is 10.9 Å². The largest absolute Gasteiger partial charge is 0.397 e. The van der Waals surface area contributed by atoms with E-state index < -0.39 is 0 Å². The van der Waals surface area contributed by atoms with Crippen molar-refractivity contribution in [2.24, 2.45) is 0 Å². The second-order valence-electron chi connectivity index (χ2n) is 2.95. The number of aromatic nitrogens is 1. The summed E-state index contributed by atoms with van der Waals surface area (Å²) in [6.07, 6.45) is 1.87. The minimum Gasteiger partial charge on any atom is -0.397 e. The number of anilines is 1. The van der Waals surface area contributed by atoms with Crippen LogP contribution in [-0.2, 0) is 13.0 Å². The first-order chi connectivity index (χ1) is 5.70. The molecule has 12 heavy (non-hydrogen) atoms. The molecule has 0 spiro atoms. The average molecular weight is 185 g/mol. The lowest BCUT2D eigenvalue weighted by molar-refractivity contribution is 0.722. The lowest BCUT2D eigenvalue weighted by Gasteiger charge is -2.05. The molecule has 2 rings (SSSR count). The van der Waals surface area contributed by atoms with Crippen LogP contribution in [0.1, 0.15) is 12.1 Å². The molecule has 0 unspecified atom stereocenters. The van der Waals surface area contributed by atoms with Gasteiger partial charge in [-0.15, -0.1) is 0 Å². The predicted octanol–water partition coefficient (Wildman–Crippen LogP) is 1.03. The van der Waals surface area contributed by atoms with E-state index >= 15 is 0 Å². The molecule has 0 atom stereocenters. The summed E-state index contributed by atoms with van der Waals surface area (Å²) in [7, 11) is 0. The third-order valence-corrected chi connectivity index (χ3v) is 2.46. The molecule has 3 nitrogen and oxygen atoms in total. The van der Waals surface area contributed by atoms with Gasteiger partial charge in [-0.1, -0.05) is 11.6 Å². The van der Waals surface area contributed by atoms with Crippen LogP contribution in [-0.4, -0.2) is 4.57 Å². The maximum atomic E-state index is 11.4. The zero-order valence-electron chi connectivity index (χ0n) is 6.51. The van der Waals surface area contributed by atoms with Crippen molar-refractivity contribution in [2.75, 3.05) is 5.73 Å². The number of hydrogen-bond acceptors (Lipinski definition) is 2. The van der Waals surface area contributed by atoms with Gasteiger partial charge in [-0.25, -0.2) is 0 Å². The van der Waals surface area contributed by atoms with Crippen LogP contribution < -0.4 is 11.3 Å². The first-order valence-corrected chi connectivity index (χ1v) is 4.25. The molecule has 0 aliphatic carbocycles. The Morgan fingerprint density at radius 3 is 3.08 bits per heavy atom. The Hall–Kier alpha value is -0.960. The Morgan fingerprint density at radius 2 is 2.33 bits per heavy atom. The van der Waals surface area contributed by atoms with E-state index in [4.69, 9.17) is 17.3 Å². The van der Waals surface area contributed by atoms with Gasteiger partial charge in [0, 0.05) is 12.2 Å². The van der Waals surface area contributed by atoms with E-state index in [0.29, 0.717) is 5.69 Å². The molecule has 0 saturated carbocycles. The summed E-state index contributed by atoms with van der Waals surface area (Å²) in [4.78, 5) is 11.4.